The van der Waals surface area contributed by atoms with Crippen LogP contribution in [0.1, 0.15) is 17.2 Å². The molecule has 0 saturated heterocycles. The van der Waals surface area contributed by atoms with Crippen molar-refractivity contribution in [3.05, 3.63) is 62.5 Å². The quantitative estimate of drug-likeness (QED) is 0.807. The van der Waals surface area contributed by atoms with Gasteiger partial charge in [-0.3, -0.25) is 0 Å². The van der Waals surface area contributed by atoms with Gasteiger partial charge in [0.25, 0.3) is 0 Å². The fourth-order valence-electron chi connectivity index (χ4n) is 1.96. The lowest BCUT2D eigenvalue weighted by Crippen LogP contribution is -2.21. The number of aryl methyl sites for hydroxylation is 1. The summed E-state index contributed by atoms with van der Waals surface area (Å²) in [6.07, 6.45) is 0. The highest BCUT2D eigenvalue weighted by molar-refractivity contribution is 9.10. The normalized spacial score (nSPS) is 12.2. The maximum atomic E-state index is 5.90. The second-order valence-corrected chi connectivity index (χ2v) is 6.24. The van der Waals surface area contributed by atoms with Crippen LogP contribution in [0.5, 0.6) is 0 Å². The van der Waals surface area contributed by atoms with Gasteiger partial charge in [-0.05, 0) is 42.3 Å². The Balaban J connectivity index is 2.25. The number of halogens is 2. The maximum Gasteiger partial charge on any atom is 0.0647 e. The minimum atomic E-state index is 0.0873. The largest absolute Gasteiger partial charge is 0.377 e. The number of anilines is 1. The van der Waals surface area contributed by atoms with E-state index < -0.39 is 0 Å². The lowest BCUT2D eigenvalue weighted by Gasteiger charge is -2.20. The molecule has 2 rings (SSSR count). The molecule has 2 aromatic rings. The Hall–Kier alpha value is -0.840. The Kier molecular flexibility index (Phi) is 5.02. The highest BCUT2D eigenvalue weighted by Crippen LogP contribution is 2.27. The Bertz CT molecular complexity index is 570. The molecule has 0 aliphatic carbocycles. The van der Waals surface area contributed by atoms with E-state index in [1.165, 1.54) is 11.1 Å². The summed E-state index contributed by atoms with van der Waals surface area (Å²) in [5.74, 6) is 0. The van der Waals surface area contributed by atoms with Crippen molar-refractivity contribution < 1.29 is 0 Å². The van der Waals surface area contributed by atoms with Gasteiger partial charge in [0, 0.05) is 21.2 Å². The average molecular weight is 384 g/mol. The van der Waals surface area contributed by atoms with Crippen molar-refractivity contribution in [3.8, 4) is 0 Å². The monoisotopic (exact) mass is 382 g/mol. The number of benzene rings is 2. The van der Waals surface area contributed by atoms with Crippen molar-refractivity contribution in [2.24, 2.45) is 5.73 Å². The minimum absolute atomic E-state index is 0.0873. The Morgan fingerprint density at radius 1 is 1.16 bits per heavy atom. The average Bonchev–Trinajstić information content (AvgIpc) is 2.37. The van der Waals surface area contributed by atoms with E-state index in [9.17, 15) is 0 Å². The lowest BCUT2D eigenvalue weighted by atomic mass is 10.0. The number of nitrogens with one attached hydrogen (secondary N) is 1. The molecule has 1 atom stereocenters. The Morgan fingerprint density at radius 2 is 1.95 bits per heavy atom. The molecule has 19 heavy (non-hydrogen) atoms. The van der Waals surface area contributed by atoms with Crippen LogP contribution in [-0.2, 0) is 0 Å². The summed E-state index contributed by atoms with van der Waals surface area (Å²) >= 11 is 7.09. The zero-order chi connectivity index (χ0) is 13.8. The molecule has 1 unspecified atom stereocenters. The summed E-state index contributed by atoms with van der Waals surface area (Å²) in [6, 6.07) is 14.5. The first-order valence-corrected chi connectivity index (χ1v) is 7.67. The van der Waals surface area contributed by atoms with E-state index in [0.717, 1.165) is 14.6 Å². The van der Waals surface area contributed by atoms with E-state index in [1.54, 1.807) is 0 Å². The van der Waals surface area contributed by atoms with Crippen molar-refractivity contribution in [3.63, 3.8) is 0 Å². The Morgan fingerprint density at radius 3 is 2.58 bits per heavy atom. The van der Waals surface area contributed by atoms with Gasteiger partial charge in [0.15, 0.2) is 0 Å². The lowest BCUT2D eigenvalue weighted by molar-refractivity contribution is 0.785. The molecule has 0 aromatic heterocycles. The van der Waals surface area contributed by atoms with Gasteiger partial charge < -0.3 is 11.1 Å². The molecule has 0 spiro atoms. The predicted octanol–water partition coefficient (Wildman–Crippen LogP) is 4.63. The fraction of sp³-hybridized carbons (Fsp3) is 0.200. The van der Waals surface area contributed by atoms with E-state index in [1.807, 2.05) is 24.3 Å². The van der Waals surface area contributed by atoms with Crippen LogP contribution < -0.4 is 11.1 Å². The molecule has 0 radical (unpaired) electrons. The third-order valence-corrected chi connectivity index (χ3v) is 4.11. The Labute approximate surface area is 130 Å². The molecule has 2 aromatic carbocycles. The van der Waals surface area contributed by atoms with Crippen molar-refractivity contribution >= 4 is 37.5 Å². The molecular weight excluding hydrogens is 368 g/mol. The van der Waals surface area contributed by atoms with E-state index in [2.05, 4.69) is 62.3 Å². The molecule has 0 aliphatic heterocycles. The van der Waals surface area contributed by atoms with E-state index >= 15 is 0 Å². The van der Waals surface area contributed by atoms with Crippen LogP contribution in [0.4, 0.5) is 5.69 Å². The summed E-state index contributed by atoms with van der Waals surface area (Å²) in [5, 5.41) is 3.46. The molecule has 0 fully saturated rings. The molecule has 4 heteroatoms. The predicted molar refractivity (Wildman–Crippen MR) is 88.4 cm³/mol. The SMILES string of the molecule is Cc1ccc(C(CN)Nc2cccc(Br)c2)c(Br)c1. The topological polar surface area (TPSA) is 38.0 Å². The van der Waals surface area contributed by atoms with E-state index in [-0.39, 0.29) is 6.04 Å². The summed E-state index contributed by atoms with van der Waals surface area (Å²) in [5.41, 5.74) is 9.36. The van der Waals surface area contributed by atoms with Crippen LogP contribution >= 0.6 is 31.9 Å². The van der Waals surface area contributed by atoms with E-state index in [4.69, 9.17) is 5.73 Å². The zero-order valence-electron chi connectivity index (χ0n) is 10.7. The van der Waals surface area contributed by atoms with Crippen LogP contribution in [0.15, 0.2) is 51.4 Å². The molecule has 0 heterocycles. The molecule has 0 saturated carbocycles. The first-order valence-electron chi connectivity index (χ1n) is 6.08. The summed E-state index contributed by atoms with van der Waals surface area (Å²) in [4.78, 5) is 0. The van der Waals surface area contributed by atoms with Crippen LogP contribution in [0.25, 0.3) is 0 Å². The molecule has 3 N–H and O–H groups in total. The summed E-state index contributed by atoms with van der Waals surface area (Å²) in [7, 11) is 0. The van der Waals surface area contributed by atoms with Crippen LogP contribution in [-0.4, -0.2) is 6.54 Å². The van der Waals surface area contributed by atoms with Crippen molar-refractivity contribution in [2.45, 2.75) is 13.0 Å². The standard InChI is InChI=1S/C15H16Br2N2/c1-10-5-6-13(14(17)7-10)15(9-18)19-12-4-2-3-11(16)8-12/h2-8,15,19H,9,18H2,1H3. The maximum absolute atomic E-state index is 5.90. The molecule has 2 nitrogen and oxygen atoms in total. The van der Waals surface area contributed by atoms with Gasteiger partial charge in [-0.2, -0.15) is 0 Å². The third-order valence-electron chi connectivity index (χ3n) is 2.93. The highest BCUT2D eigenvalue weighted by atomic mass is 79.9. The van der Waals surface area contributed by atoms with Gasteiger partial charge in [-0.25, -0.2) is 0 Å². The number of hydrogen-bond donors (Lipinski definition) is 2. The van der Waals surface area contributed by atoms with Crippen molar-refractivity contribution in [1.29, 1.82) is 0 Å². The molecular formula is C15H16Br2N2. The number of rotatable bonds is 4. The molecule has 100 valence electrons. The van der Waals surface area contributed by atoms with Crippen LogP contribution in [0.3, 0.4) is 0 Å². The molecule has 0 amide bonds. The zero-order valence-corrected chi connectivity index (χ0v) is 13.8. The van der Waals surface area contributed by atoms with Gasteiger partial charge in [-0.15, -0.1) is 0 Å². The summed E-state index contributed by atoms with van der Waals surface area (Å²) < 4.78 is 2.14. The van der Waals surface area contributed by atoms with Crippen LogP contribution in [0, 0.1) is 6.92 Å². The highest BCUT2D eigenvalue weighted by Gasteiger charge is 2.12. The number of hydrogen-bond acceptors (Lipinski definition) is 2. The smallest absolute Gasteiger partial charge is 0.0647 e. The summed E-state index contributed by atoms with van der Waals surface area (Å²) in [6.45, 7) is 2.61. The van der Waals surface area contributed by atoms with Crippen molar-refractivity contribution in [1.82, 2.24) is 0 Å². The fourth-order valence-corrected chi connectivity index (χ4v) is 3.13. The van der Waals surface area contributed by atoms with Gasteiger partial charge in [0.1, 0.15) is 0 Å². The number of nitrogens with two attached hydrogens (primary N) is 1. The third kappa shape index (κ3) is 3.81. The van der Waals surface area contributed by atoms with E-state index in [0.29, 0.717) is 6.54 Å². The van der Waals surface area contributed by atoms with Crippen LogP contribution in [0.2, 0.25) is 0 Å². The van der Waals surface area contributed by atoms with Gasteiger partial charge in [0.05, 0.1) is 6.04 Å². The van der Waals surface area contributed by atoms with Gasteiger partial charge in [-0.1, -0.05) is 50.1 Å². The second kappa shape index (κ2) is 6.55. The molecule has 0 bridgehead atoms. The van der Waals surface area contributed by atoms with Gasteiger partial charge in [0.2, 0.25) is 0 Å². The molecule has 0 aliphatic rings. The van der Waals surface area contributed by atoms with Crippen molar-refractivity contribution in [2.75, 3.05) is 11.9 Å². The first-order chi connectivity index (χ1) is 9.10. The minimum Gasteiger partial charge on any atom is -0.377 e. The first kappa shape index (κ1) is 14.6. The second-order valence-electron chi connectivity index (χ2n) is 4.47. The van der Waals surface area contributed by atoms with Gasteiger partial charge >= 0.3 is 0 Å².